The largest absolute Gasteiger partial charge is 0.206 e. The lowest BCUT2D eigenvalue weighted by Crippen LogP contribution is -1.93. The van der Waals surface area contributed by atoms with Gasteiger partial charge in [0.05, 0.1) is 0 Å². The van der Waals surface area contributed by atoms with Gasteiger partial charge < -0.3 is 0 Å². The van der Waals surface area contributed by atoms with Gasteiger partial charge in [-0.05, 0) is 79.1 Å². The number of fused-ring (bicyclic) bond motifs is 3. The van der Waals surface area contributed by atoms with Crippen LogP contribution in [-0.4, -0.2) is 0 Å². The van der Waals surface area contributed by atoms with Crippen LogP contribution >= 0.6 is 0 Å². The topological polar surface area (TPSA) is 0 Å². The molecule has 0 unspecified atom stereocenters. The van der Waals surface area contributed by atoms with Crippen molar-refractivity contribution >= 4 is 0 Å². The number of hydrogen-bond acceptors (Lipinski definition) is 0. The van der Waals surface area contributed by atoms with Crippen LogP contribution in [0.4, 0.5) is 4.39 Å². The van der Waals surface area contributed by atoms with Crippen molar-refractivity contribution in [1.29, 1.82) is 0 Å². The molecule has 0 aromatic heterocycles. The molecule has 0 radical (unpaired) electrons. The van der Waals surface area contributed by atoms with Crippen molar-refractivity contribution in [2.24, 2.45) is 0 Å². The van der Waals surface area contributed by atoms with Crippen LogP contribution in [0.1, 0.15) is 33.4 Å². The lowest BCUT2D eigenvalue weighted by Gasteiger charge is -2.11. The zero-order valence-corrected chi connectivity index (χ0v) is 11.3. The molecule has 0 bridgehead atoms. The molecule has 0 fully saturated rings. The second-order valence-corrected chi connectivity index (χ2v) is 5.43. The molecule has 1 aliphatic rings. The molecule has 1 aliphatic carbocycles. The maximum absolute atomic E-state index is 14.2. The van der Waals surface area contributed by atoms with E-state index in [0.717, 1.165) is 28.7 Å². The zero-order chi connectivity index (χ0) is 13.0. The highest BCUT2D eigenvalue weighted by Crippen LogP contribution is 2.42. The number of halogens is 1. The molecule has 18 heavy (non-hydrogen) atoms. The van der Waals surface area contributed by atoms with Gasteiger partial charge in [-0.25, -0.2) is 4.39 Å². The molecule has 92 valence electrons. The molecule has 0 heterocycles. The van der Waals surface area contributed by atoms with Gasteiger partial charge >= 0.3 is 0 Å². The monoisotopic (exact) mass is 240 g/mol. The van der Waals surface area contributed by atoms with Gasteiger partial charge in [-0.15, -0.1) is 0 Å². The smallest absolute Gasteiger partial charge is 0.131 e. The lowest BCUT2D eigenvalue weighted by atomic mass is 9.94. The Kier molecular flexibility index (Phi) is 2.34. The fourth-order valence-electron chi connectivity index (χ4n) is 3.03. The molecule has 0 spiro atoms. The number of hydrogen-bond donors (Lipinski definition) is 0. The van der Waals surface area contributed by atoms with Crippen molar-refractivity contribution < 1.29 is 4.39 Å². The predicted molar refractivity (Wildman–Crippen MR) is 73.6 cm³/mol. The van der Waals surface area contributed by atoms with Crippen LogP contribution in [0, 0.1) is 33.5 Å². The fourth-order valence-corrected chi connectivity index (χ4v) is 3.03. The van der Waals surface area contributed by atoms with Gasteiger partial charge in [-0.2, -0.15) is 0 Å². The summed E-state index contributed by atoms with van der Waals surface area (Å²) < 4.78 is 14.2. The summed E-state index contributed by atoms with van der Waals surface area (Å²) in [6, 6.07) is 5.89. The van der Waals surface area contributed by atoms with Crippen LogP contribution in [0.2, 0.25) is 0 Å². The molecular weight excluding hydrogens is 223 g/mol. The molecule has 0 N–H and O–H groups in total. The van der Waals surface area contributed by atoms with Crippen molar-refractivity contribution in [3.63, 3.8) is 0 Å². The van der Waals surface area contributed by atoms with Gasteiger partial charge in [0.1, 0.15) is 5.82 Å². The molecule has 0 saturated heterocycles. The van der Waals surface area contributed by atoms with E-state index in [4.69, 9.17) is 0 Å². The van der Waals surface area contributed by atoms with Crippen LogP contribution < -0.4 is 0 Å². The Bertz CT molecular complexity index is 666. The van der Waals surface area contributed by atoms with Crippen LogP contribution in [0.25, 0.3) is 11.1 Å². The Hall–Kier alpha value is -1.63. The van der Waals surface area contributed by atoms with E-state index < -0.39 is 0 Å². The summed E-state index contributed by atoms with van der Waals surface area (Å²) in [5.41, 5.74) is 9.26. The summed E-state index contributed by atoms with van der Waals surface area (Å²) in [6.07, 6.45) is 0.871. The fraction of sp³-hybridized carbons (Fsp3) is 0.294. The first-order valence-corrected chi connectivity index (χ1v) is 6.38. The lowest BCUT2D eigenvalue weighted by molar-refractivity contribution is 0.629. The summed E-state index contributed by atoms with van der Waals surface area (Å²) in [7, 11) is 0. The molecule has 2 aromatic carbocycles. The van der Waals surface area contributed by atoms with Gasteiger partial charge in [0.25, 0.3) is 0 Å². The van der Waals surface area contributed by atoms with E-state index in [9.17, 15) is 4.39 Å². The Balaban J connectivity index is 2.35. The van der Waals surface area contributed by atoms with Gasteiger partial charge in [0.15, 0.2) is 0 Å². The summed E-state index contributed by atoms with van der Waals surface area (Å²) in [6.45, 7) is 8.36. The minimum atomic E-state index is -0.0774. The molecule has 0 amide bonds. The van der Waals surface area contributed by atoms with Crippen molar-refractivity contribution in [1.82, 2.24) is 0 Å². The van der Waals surface area contributed by atoms with Gasteiger partial charge in [-0.3, -0.25) is 0 Å². The Morgan fingerprint density at radius 1 is 0.944 bits per heavy atom. The van der Waals surface area contributed by atoms with Crippen molar-refractivity contribution in [2.45, 2.75) is 34.1 Å². The number of aryl methyl sites for hydroxylation is 2. The molecular formula is C17H17F. The van der Waals surface area contributed by atoms with E-state index in [-0.39, 0.29) is 5.82 Å². The third-order valence-corrected chi connectivity index (χ3v) is 4.25. The van der Waals surface area contributed by atoms with Crippen LogP contribution in [-0.2, 0) is 6.42 Å². The third kappa shape index (κ3) is 1.43. The summed E-state index contributed by atoms with van der Waals surface area (Å²) in [5, 5.41) is 0. The standard InChI is InChI=1S/C17H17F/c1-9-5-13-8-14-12(4)11(3)10(2)7-15(14)17(13)16(18)6-9/h5-7H,8H2,1-4H3. The van der Waals surface area contributed by atoms with E-state index in [1.165, 1.54) is 22.3 Å². The molecule has 0 atom stereocenters. The van der Waals surface area contributed by atoms with E-state index in [1.807, 2.05) is 6.92 Å². The summed E-state index contributed by atoms with van der Waals surface area (Å²) in [5.74, 6) is -0.0774. The second kappa shape index (κ2) is 3.68. The third-order valence-electron chi connectivity index (χ3n) is 4.25. The normalized spacial score (nSPS) is 12.5. The Morgan fingerprint density at radius 2 is 1.67 bits per heavy atom. The van der Waals surface area contributed by atoms with Crippen molar-refractivity contribution in [2.75, 3.05) is 0 Å². The zero-order valence-electron chi connectivity index (χ0n) is 11.3. The highest BCUT2D eigenvalue weighted by atomic mass is 19.1. The van der Waals surface area contributed by atoms with Crippen molar-refractivity contribution in [3.05, 3.63) is 57.4 Å². The van der Waals surface area contributed by atoms with Gasteiger partial charge in [-0.1, -0.05) is 12.1 Å². The average Bonchev–Trinajstić information content (AvgIpc) is 2.64. The van der Waals surface area contributed by atoms with Crippen LogP contribution in [0.3, 0.4) is 0 Å². The molecule has 0 aliphatic heterocycles. The predicted octanol–water partition coefficient (Wildman–Crippen LogP) is 4.63. The van der Waals surface area contributed by atoms with Gasteiger partial charge in [0.2, 0.25) is 0 Å². The molecule has 0 saturated carbocycles. The van der Waals surface area contributed by atoms with Crippen molar-refractivity contribution in [3.8, 4) is 11.1 Å². The SMILES string of the molecule is Cc1cc(F)c2c(c1)Cc1c-2cc(C)c(C)c1C. The quantitative estimate of drug-likeness (QED) is 0.537. The highest BCUT2D eigenvalue weighted by Gasteiger charge is 2.24. The molecule has 3 rings (SSSR count). The minimum Gasteiger partial charge on any atom is -0.206 e. The first-order valence-electron chi connectivity index (χ1n) is 6.38. The Labute approximate surface area is 107 Å². The molecule has 0 nitrogen and oxygen atoms in total. The first kappa shape index (κ1) is 11.5. The van der Waals surface area contributed by atoms with Crippen LogP contribution in [0.5, 0.6) is 0 Å². The average molecular weight is 240 g/mol. The van der Waals surface area contributed by atoms with E-state index in [0.29, 0.717) is 0 Å². The van der Waals surface area contributed by atoms with E-state index in [2.05, 4.69) is 32.9 Å². The van der Waals surface area contributed by atoms with E-state index in [1.54, 1.807) is 6.07 Å². The summed E-state index contributed by atoms with van der Waals surface area (Å²) in [4.78, 5) is 0. The maximum atomic E-state index is 14.2. The van der Waals surface area contributed by atoms with E-state index >= 15 is 0 Å². The maximum Gasteiger partial charge on any atom is 0.131 e. The summed E-state index contributed by atoms with van der Waals surface area (Å²) >= 11 is 0. The second-order valence-electron chi connectivity index (χ2n) is 5.43. The number of rotatable bonds is 0. The molecule has 1 heteroatoms. The molecule has 2 aromatic rings. The minimum absolute atomic E-state index is 0.0774. The first-order chi connectivity index (χ1) is 8.49. The van der Waals surface area contributed by atoms with Gasteiger partial charge in [0, 0.05) is 5.56 Å². The highest BCUT2D eigenvalue weighted by molar-refractivity contribution is 5.80. The Morgan fingerprint density at radius 3 is 2.39 bits per heavy atom. The number of benzene rings is 2. The van der Waals surface area contributed by atoms with Crippen LogP contribution in [0.15, 0.2) is 18.2 Å².